The number of ether oxygens (including phenoxy) is 2. The van der Waals surface area contributed by atoms with Crippen molar-refractivity contribution < 1.29 is 46.9 Å². The second-order valence-corrected chi connectivity index (χ2v) is 8.88. The summed E-state index contributed by atoms with van der Waals surface area (Å²) in [5.74, 6) is -5.17. The number of halogens is 3. The van der Waals surface area contributed by atoms with E-state index in [4.69, 9.17) is 10.5 Å². The average molecular weight is 556 g/mol. The summed E-state index contributed by atoms with van der Waals surface area (Å²) >= 11 is 0. The predicted molar refractivity (Wildman–Crippen MR) is 135 cm³/mol. The van der Waals surface area contributed by atoms with Gasteiger partial charge in [-0.05, 0) is 42.7 Å². The summed E-state index contributed by atoms with van der Waals surface area (Å²) < 4.78 is 48.2. The lowest BCUT2D eigenvalue weighted by atomic mass is 9.82. The SMILES string of the molecule is N[C@@H](Cc1ccc(O)cc1)C(=O)OCCCNc1ccc(OC(=O)C(F)(F)F)c2c1C(=O)c1ccccc1C2=O. The minimum atomic E-state index is -5.31. The first kappa shape index (κ1) is 28.3. The largest absolute Gasteiger partial charge is 0.508 e. The Kier molecular flexibility index (Phi) is 8.19. The molecule has 0 fully saturated rings. The quantitative estimate of drug-likeness (QED) is 0.160. The van der Waals surface area contributed by atoms with Crippen LogP contribution in [0.2, 0.25) is 0 Å². The molecule has 3 aromatic rings. The number of phenolic OH excluding ortho intramolecular Hbond substituents is 1. The van der Waals surface area contributed by atoms with E-state index in [1.807, 2.05) is 0 Å². The summed E-state index contributed by atoms with van der Waals surface area (Å²) in [4.78, 5) is 50.2. The van der Waals surface area contributed by atoms with E-state index in [1.165, 1.54) is 42.5 Å². The van der Waals surface area contributed by atoms with Crippen LogP contribution in [0.1, 0.15) is 43.8 Å². The number of anilines is 1. The van der Waals surface area contributed by atoms with Gasteiger partial charge in [0, 0.05) is 23.4 Å². The van der Waals surface area contributed by atoms with Crippen molar-refractivity contribution in [3.63, 3.8) is 0 Å². The van der Waals surface area contributed by atoms with E-state index in [1.54, 1.807) is 12.1 Å². The first-order valence-corrected chi connectivity index (χ1v) is 12.1. The van der Waals surface area contributed by atoms with Crippen LogP contribution in [0, 0.1) is 0 Å². The molecule has 0 radical (unpaired) electrons. The molecule has 1 atom stereocenters. The molecule has 0 aromatic heterocycles. The third-order valence-electron chi connectivity index (χ3n) is 6.05. The maximum absolute atomic E-state index is 13.3. The van der Waals surface area contributed by atoms with Gasteiger partial charge in [-0.3, -0.25) is 14.4 Å². The number of carbonyl (C=O) groups is 4. The summed E-state index contributed by atoms with van der Waals surface area (Å²) in [7, 11) is 0. The van der Waals surface area contributed by atoms with Crippen LogP contribution in [-0.4, -0.2) is 54.0 Å². The van der Waals surface area contributed by atoms with E-state index >= 15 is 0 Å². The fourth-order valence-electron chi connectivity index (χ4n) is 4.13. The Hall–Kier alpha value is -4.71. The maximum Gasteiger partial charge on any atom is 0.491 e. The van der Waals surface area contributed by atoms with Crippen molar-refractivity contribution in [2.45, 2.75) is 25.1 Å². The lowest BCUT2D eigenvalue weighted by Crippen LogP contribution is -2.34. The van der Waals surface area contributed by atoms with Gasteiger partial charge in [-0.2, -0.15) is 13.2 Å². The van der Waals surface area contributed by atoms with Crippen LogP contribution in [0.25, 0.3) is 0 Å². The molecule has 9 nitrogen and oxygen atoms in total. The third-order valence-corrected chi connectivity index (χ3v) is 6.05. The standard InChI is InChI=1S/C28H23F3N2O7/c29-28(30,31)27(38)40-21-11-10-20(22-23(21)25(36)18-5-2-1-4-17(18)24(22)35)33-12-3-13-39-26(37)19(32)14-15-6-8-16(34)9-7-15/h1-2,4-11,19,33-34H,3,12-14,32H2/t19-/m0/s1. The van der Waals surface area contributed by atoms with Gasteiger partial charge >= 0.3 is 18.1 Å². The number of hydrogen-bond donors (Lipinski definition) is 3. The molecule has 0 bridgehead atoms. The first-order chi connectivity index (χ1) is 19.0. The molecule has 208 valence electrons. The van der Waals surface area contributed by atoms with E-state index in [0.717, 1.165) is 11.6 Å². The highest BCUT2D eigenvalue weighted by atomic mass is 19.4. The van der Waals surface area contributed by atoms with Crippen molar-refractivity contribution in [3.8, 4) is 11.5 Å². The molecule has 0 amide bonds. The summed E-state index contributed by atoms with van der Waals surface area (Å²) in [6, 6.07) is 13.3. The Morgan fingerprint density at radius 1 is 0.925 bits per heavy atom. The Labute approximate surface area is 225 Å². The van der Waals surface area contributed by atoms with Crippen LogP contribution >= 0.6 is 0 Å². The number of fused-ring (bicyclic) bond motifs is 2. The molecule has 12 heteroatoms. The van der Waals surface area contributed by atoms with Gasteiger partial charge in [0.25, 0.3) is 0 Å². The number of aromatic hydroxyl groups is 1. The summed E-state index contributed by atoms with van der Waals surface area (Å²) in [5, 5.41) is 12.3. The second-order valence-electron chi connectivity index (χ2n) is 8.88. The van der Waals surface area contributed by atoms with Gasteiger partial charge in [0.05, 0.1) is 17.7 Å². The first-order valence-electron chi connectivity index (χ1n) is 12.1. The molecule has 0 heterocycles. The maximum atomic E-state index is 13.3. The molecule has 3 aromatic carbocycles. The number of benzene rings is 3. The molecule has 40 heavy (non-hydrogen) atoms. The highest BCUT2D eigenvalue weighted by Crippen LogP contribution is 2.38. The van der Waals surface area contributed by atoms with Crippen molar-refractivity contribution in [2.24, 2.45) is 5.73 Å². The van der Waals surface area contributed by atoms with Crippen molar-refractivity contribution >= 4 is 29.2 Å². The van der Waals surface area contributed by atoms with Gasteiger partial charge in [-0.15, -0.1) is 0 Å². The Morgan fingerprint density at radius 2 is 1.55 bits per heavy atom. The number of nitrogens with one attached hydrogen (secondary N) is 1. The number of esters is 2. The van der Waals surface area contributed by atoms with Crippen LogP contribution in [0.4, 0.5) is 18.9 Å². The Bertz CT molecular complexity index is 1470. The van der Waals surface area contributed by atoms with Gasteiger partial charge < -0.3 is 25.6 Å². The Morgan fingerprint density at radius 3 is 2.17 bits per heavy atom. The minimum Gasteiger partial charge on any atom is -0.508 e. The zero-order chi connectivity index (χ0) is 29.0. The van der Waals surface area contributed by atoms with Crippen LogP contribution in [-0.2, 0) is 20.7 Å². The zero-order valence-corrected chi connectivity index (χ0v) is 20.8. The van der Waals surface area contributed by atoms with Gasteiger partial charge in [0.1, 0.15) is 17.5 Å². The highest BCUT2D eigenvalue weighted by molar-refractivity contribution is 6.31. The van der Waals surface area contributed by atoms with Gasteiger partial charge in [-0.25, -0.2) is 4.79 Å². The molecule has 0 unspecified atom stereocenters. The van der Waals surface area contributed by atoms with Crippen molar-refractivity contribution in [3.05, 3.63) is 88.5 Å². The molecule has 1 aliphatic rings. The van der Waals surface area contributed by atoms with Crippen molar-refractivity contribution in [2.75, 3.05) is 18.5 Å². The van der Waals surface area contributed by atoms with E-state index in [2.05, 4.69) is 10.1 Å². The molecule has 0 saturated carbocycles. The zero-order valence-electron chi connectivity index (χ0n) is 20.8. The summed E-state index contributed by atoms with van der Waals surface area (Å²) in [6.45, 7) is 0.117. The van der Waals surface area contributed by atoms with Gasteiger partial charge in [0.15, 0.2) is 11.6 Å². The average Bonchev–Trinajstić information content (AvgIpc) is 2.92. The monoisotopic (exact) mass is 556 g/mol. The number of alkyl halides is 3. The van der Waals surface area contributed by atoms with Gasteiger partial charge in [-0.1, -0.05) is 36.4 Å². The lowest BCUT2D eigenvalue weighted by molar-refractivity contribution is -0.189. The molecule has 4 rings (SSSR count). The number of carbonyl (C=O) groups excluding carboxylic acids is 4. The molecular weight excluding hydrogens is 533 g/mol. The fraction of sp³-hybridized carbons (Fsp3) is 0.214. The molecule has 0 spiro atoms. The highest BCUT2D eigenvalue weighted by Gasteiger charge is 2.43. The van der Waals surface area contributed by atoms with Crippen LogP contribution < -0.4 is 15.8 Å². The molecule has 4 N–H and O–H groups in total. The number of rotatable bonds is 9. The Balaban J connectivity index is 1.44. The van der Waals surface area contributed by atoms with E-state index < -0.39 is 47.0 Å². The number of ketones is 2. The normalized spacial score (nSPS) is 13.2. The predicted octanol–water partition coefficient (Wildman–Crippen LogP) is 3.55. The summed E-state index contributed by atoms with van der Waals surface area (Å²) in [5.41, 5.74) is 6.08. The van der Waals surface area contributed by atoms with E-state index in [-0.39, 0.29) is 54.1 Å². The molecular formula is C28H23F3N2O7. The van der Waals surface area contributed by atoms with Crippen molar-refractivity contribution in [1.29, 1.82) is 0 Å². The van der Waals surface area contributed by atoms with Gasteiger partial charge in [0.2, 0.25) is 0 Å². The van der Waals surface area contributed by atoms with Crippen LogP contribution in [0.3, 0.4) is 0 Å². The summed E-state index contributed by atoms with van der Waals surface area (Å²) in [6.07, 6.45) is -4.85. The molecule has 1 aliphatic carbocycles. The molecule has 0 aliphatic heterocycles. The topological polar surface area (TPSA) is 145 Å². The third kappa shape index (κ3) is 6.12. The number of nitrogens with two attached hydrogens (primary N) is 1. The molecule has 0 saturated heterocycles. The lowest BCUT2D eigenvalue weighted by Gasteiger charge is -2.23. The van der Waals surface area contributed by atoms with Crippen LogP contribution in [0.15, 0.2) is 60.7 Å². The number of hydrogen-bond acceptors (Lipinski definition) is 9. The van der Waals surface area contributed by atoms with E-state index in [0.29, 0.717) is 0 Å². The fourth-order valence-corrected chi connectivity index (χ4v) is 4.13. The second kappa shape index (κ2) is 11.6. The van der Waals surface area contributed by atoms with Crippen LogP contribution in [0.5, 0.6) is 11.5 Å². The van der Waals surface area contributed by atoms with Crippen molar-refractivity contribution in [1.82, 2.24) is 0 Å². The number of phenols is 1. The minimum absolute atomic E-state index is 0.0305. The van der Waals surface area contributed by atoms with E-state index in [9.17, 15) is 37.5 Å². The smallest absolute Gasteiger partial charge is 0.491 e.